The lowest BCUT2D eigenvalue weighted by Gasteiger charge is -2.22. The van der Waals surface area contributed by atoms with E-state index in [9.17, 15) is 0 Å². The second-order valence-electron chi connectivity index (χ2n) is 4.45. The summed E-state index contributed by atoms with van der Waals surface area (Å²) in [7, 11) is 0. The van der Waals surface area contributed by atoms with Gasteiger partial charge in [0, 0.05) is 31.2 Å². The summed E-state index contributed by atoms with van der Waals surface area (Å²) in [5, 5.41) is 4.82. The van der Waals surface area contributed by atoms with Gasteiger partial charge in [0.25, 0.3) is 0 Å². The second kappa shape index (κ2) is 3.21. The lowest BCUT2D eigenvalue weighted by atomic mass is 9.87. The maximum atomic E-state index is 4.17. The Bertz CT molecular complexity index is 303. The smallest absolute Gasteiger partial charge is 0.111 e. The molecule has 3 heterocycles. The number of rotatable bonds is 1. The van der Waals surface area contributed by atoms with Gasteiger partial charge in [-0.1, -0.05) is 0 Å². The Balaban J connectivity index is 1.75. The Hall–Kier alpha value is -0.610. The Morgan fingerprint density at radius 2 is 2.50 bits per heavy atom. The minimum Gasteiger partial charge on any atom is -0.362 e. The van der Waals surface area contributed by atoms with E-state index in [0.717, 1.165) is 0 Å². The number of nitrogens with one attached hydrogen (secondary N) is 1. The number of hydrogen-bond donors (Lipinski definition) is 1. The zero-order valence-electron chi connectivity index (χ0n) is 8.20. The number of aromatic nitrogens is 1. The van der Waals surface area contributed by atoms with Gasteiger partial charge in [-0.3, -0.25) is 0 Å². The lowest BCUT2D eigenvalue weighted by Crippen LogP contribution is -2.28. The minimum absolute atomic E-state index is 0.573. The van der Waals surface area contributed by atoms with Crippen LogP contribution in [-0.2, 0) is 0 Å². The molecule has 3 rings (SSSR count). The van der Waals surface area contributed by atoms with Crippen molar-refractivity contribution in [2.24, 2.45) is 5.41 Å². The molecule has 0 bridgehead atoms. The highest BCUT2D eigenvalue weighted by Crippen LogP contribution is 2.38. The first-order valence-corrected chi connectivity index (χ1v) is 6.02. The van der Waals surface area contributed by atoms with Gasteiger partial charge in [-0.05, 0) is 37.0 Å². The van der Waals surface area contributed by atoms with E-state index in [1.807, 2.05) is 6.20 Å². The fourth-order valence-electron chi connectivity index (χ4n) is 2.64. The first kappa shape index (κ1) is 8.68. The predicted octanol–water partition coefficient (Wildman–Crippen LogP) is 1.33. The molecule has 4 heteroatoms. The molecule has 2 aliphatic heterocycles. The van der Waals surface area contributed by atoms with Crippen molar-refractivity contribution in [1.29, 1.82) is 0 Å². The van der Waals surface area contributed by atoms with E-state index < -0.39 is 0 Å². The van der Waals surface area contributed by atoms with Gasteiger partial charge >= 0.3 is 0 Å². The molecule has 1 aromatic rings. The third-order valence-corrected chi connectivity index (χ3v) is 4.31. The van der Waals surface area contributed by atoms with Gasteiger partial charge in [0.2, 0.25) is 0 Å². The molecule has 2 saturated heterocycles. The van der Waals surface area contributed by atoms with Gasteiger partial charge in [-0.2, -0.15) is 4.37 Å². The van der Waals surface area contributed by atoms with Crippen molar-refractivity contribution < 1.29 is 0 Å². The van der Waals surface area contributed by atoms with Crippen molar-refractivity contribution in [3.63, 3.8) is 0 Å². The third-order valence-electron chi connectivity index (χ3n) is 3.51. The van der Waals surface area contributed by atoms with Crippen LogP contribution in [0, 0.1) is 5.41 Å². The maximum absolute atomic E-state index is 4.17. The Kier molecular flexibility index (Phi) is 1.99. The summed E-state index contributed by atoms with van der Waals surface area (Å²) in [6, 6.07) is 2.13. The molecular formula is C10H15N3S. The number of nitrogens with zero attached hydrogens (tertiary/aromatic N) is 2. The van der Waals surface area contributed by atoms with Crippen molar-refractivity contribution in [3.05, 3.63) is 12.3 Å². The van der Waals surface area contributed by atoms with Crippen LogP contribution < -0.4 is 10.2 Å². The third kappa shape index (κ3) is 1.33. The molecule has 0 radical (unpaired) electrons. The van der Waals surface area contributed by atoms with Crippen LogP contribution in [0.25, 0.3) is 0 Å². The Morgan fingerprint density at radius 3 is 3.21 bits per heavy atom. The van der Waals surface area contributed by atoms with Gasteiger partial charge in [-0.15, -0.1) is 0 Å². The maximum Gasteiger partial charge on any atom is 0.111 e. The first-order valence-electron chi connectivity index (χ1n) is 5.24. The zero-order chi connectivity index (χ0) is 9.43. The largest absolute Gasteiger partial charge is 0.362 e. The van der Waals surface area contributed by atoms with Crippen LogP contribution in [0.3, 0.4) is 0 Å². The molecular weight excluding hydrogens is 194 g/mol. The average Bonchev–Trinajstić information content (AvgIpc) is 2.91. The summed E-state index contributed by atoms with van der Waals surface area (Å²) in [5.74, 6) is 0. The molecule has 1 spiro atoms. The van der Waals surface area contributed by atoms with Gasteiger partial charge in [0.1, 0.15) is 5.00 Å². The van der Waals surface area contributed by atoms with E-state index in [1.165, 1.54) is 44.0 Å². The lowest BCUT2D eigenvalue weighted by molar-refractivity contribution is 0.369. The molecule has 3 nitrogen and oxygen atoms in total. The van der Waals surface area contributed by atoms with E-state index in [0.29, 0.717) is 5.41 Å². The highest BCUT2D eigenvalue weighted by atomic mass is 32.1. The molecule has 0 aromatic carbocycles. The van der Waals surface area contributed by atoms with Gasteiger partial charge in [0.05, 0.1) is 0 Å². The van der Waals surface area contributed by atoms with Crippen molar-refractivity contribution in [2.45, 2.75) is 12.8 Å². The average molecular weight is 209 g/mol. The van der Waals surface area contributed by atoms with Crippen LogP contribution in [0.15, 0.2) is 12.3 Å². The van der Waals surface area contributed by atoms with Crippen LogP contribution in [0.2, 0.25) is 0 Å². The van der Waals surface area contributed by atoms with E-state index in [1.54, 1.807) is 11.5 Å². The Morgan fingerprint density at radius 1 is 1.50 bits per heavy atom. The molecule has 0 amide bonds. The molecule has 0 aliphatic carbocycles. The number of anilines is 1. The van der Waals surface area contributed by atoms with E-state index in [4.69, 9.17) is 0 Å². The van der Waals surface area contributed by atoms with Gasteiger partial charge in [-0.25, -0.2) is 0 Å². The van der Waals surface area contributed by atoms with Gasteiger partial charge in [0.15, 0.2) is 0 Å². The SMILES string of the molecule is c1cc(N2CCC3(CCNC3)C2)sn1. The second-order valence-corrected chi connectivity index (χ2v) is 5.26. The summed E-state index contributed by atoms with van der Waals surface area (Å²) in [4.78, 5) is 2.49. The number of hydrogen-bond acceptors (Lipinski definition) is 4. The topological polar surface area (TPSA) is 28.2 Å². The summed E-state index contributed by atoms with van der Waals surface area (Å²) < 4.78 is 4.17. The fourth-order valence-corrected chi connectivity index (χ4v) is 3.26. The van der Waals surface area contributed by atoms with Crippen LogP contribution in [0.1, 0.15) is 12.8 Å². The van der Waals surface area contributed by atoms with Crippen molar-refractivity contribution in [1.82, 2.24) is 9.69 Å². The molecule has 14 heavy (non-hydrogen) atoms. The molecule has 76 valence electrons. The van der Waals surface area contributed by atoms with E-state index >= 15 is 0 Å². The monoisotopic (exact) mass is 209 g/mol. The van der Waals surface area contributed by atoms with Crippen molar-refractivity contribution in [3.8, 4) is 0 Å². The van der Waals surface area contributed by atoms with Crippen LogP contribution in [0.5, 0.6) is 0 Å². The van der Waals surface area contributed by atoms with Crippen LogP contribution in [-0.4, -0.2) is 30.6 Å². The fraction of sp³-hybridized carbons (Fsp3) is 0.700. The van der Waals surface area contributed by atoms with Crippen LogP contribution >= 0.6 is 11.5 Å². The highest BCUT2D eigenvalue weighted by Gasteiger charge is 2.40. The van der Waals surface area contributed by atoms with Gasteiger partial charge < -0.3 is 10.2 Å². The standard InChI is InChI=1S/C10H15N3S/c1-4-12-14-9(1)13-6-3-10(8-13)2-5-11-7-10/h1,4,11H,2-3,5-8H2. The van der Waals surface area contributed by atoms with E-state index in [2.05, 4.69) is 20.7 Å². The predicted molar refractivity (Wildman–Crippen MR) is 58.9 cm³/mol. The normalized spacial score (nSPS) is 31.9. The minimum atomic E-state index is 0.573. The molecule has 1 N–H and O–H groups in total. The van der Waals surface area contributed by atoms with Crippen molar-refractivity contribution >= 4 is 16.5 Å². The molecule has 2 aliphatic rings. The molecule has 0 saturated carbocycles. The van der Waals surface area contributed by atoms with Crippen molar-refractivity contribution in [2.75, 3.05) is 31.1 Å². The molecule has 2 fully saturated rings. The first-order chi connectivity index (χ1) is 6.88. The van der Waals surface area contributed by atoms with E-state index in [-0.39, 0.29) is 0 Å². The highest BCUT2D eigenvalue weighted by molar-refractivity contribution is 7.10. The summed E-state index contributed by atoms with van der Waals surface area (Å²) >= 11 is 1.62. The quantitative estimate of drug-likeness (QED) is 0.756. The molecule has 1 unspecified atom stereocenters. The molecule has 1 atom stereocenters. The Labute approximate surface area is 88.3 Å². The molecule has 1 aromatic heterocycles. The van der Waals surface area contributed by atoms with Crippen LogP contribution in [0.4, 0.5) is 5.00 Å². The summed E-state index contributed by atoms with van der Waals surface area (Å²) in [6.07, 6.45) is 4.60. The zero-order valence-corrected chi connectivity index (χ0v) is 9.02. The summed E-state index contributed by atoms with van der Waals surface area (Å²) in [5.41, 5.74) is 0.573. The summed E-state index contributed by atoms with van der Waals surface area (Å²) in [6.45, 7) is 4.85.